The van der Waals surface area contributed by atoms with Gasteiger partial charge in [0.05, 0.1) is 12.5 Å². The molecule has 0 aliphatic heterocycles. The summed E-state index contributed by atoms with van der Waals surface area (Å²) in [5, 5.41) is 34.2. The Morgan fingerprint density at radius 3 is 1.95 bits per heavy atom. The maximum Gasteiger partial charge on any atom is 0.326 e. The number of carbonyl (C=O) groups is 6. The molecule has 1 aromatic carbocycles. The van der Waals surface area contributed by atoms with E-state index in [0.29, 0.717) is 12.0 Å². The largest absolute Gasteiger partial charge is 0.481 e. The van der Waals surface area contributed by atoms with Crippen LogP contribution in [-0.4, -0.2) is 75.1 Å². The zero-order valence-electron chi connectivity index (χ0n) is 20.7. The molecule has 0 saturated carbocycles. The fourth-order valence-electron chi connectivity index (χ4n) is 3.34. The van der Waals surface area contributed by atoms with Crippen molar-refractivity contribution in [1.82, 2.24) is 16.0 Å². The molecular weight excluding hydrogens is 488 g/mol. The Morgan fingerprint density at radius 2 is 1.43 bits per heavy atom. The molecular formula is C24H34N4O9. The van der Waals surface area contributed by atoms with Crippen molar-refractivity contribution in [3.63, 3.8) is 0 Å². The van der Waals surface area contributed by atoms with Gasteiger partial charge in [0.15, 0.2) is 0 Å². The van der Waals surface area contributed by atoms with E-state index in [1.807, 2.05) is 0 Å². The molecule has 0 radical (unpaired) electrons. The fraction of sp³-hybridized carbons (Fsp3) is 0.500. The molecule has 8 N–H and O–H groups in total. The smallest absolute Gasteiger partial charge is 0.326 e. The van der Waals surface area contributed by atoms with Gasteiger partial charge in [0.1, 0.15) is 18.1 Å². The van der Waals surface area contributed by atoms with Gasteiger partial charge in [0.25, 0.3) is 0 Å². The normalized spacial score (nSPS) is 14.8. The SMILES string of the molecule is CCC(C)C(NC(=O)C(N)CCC(=O)O)C(=O)NC(Cc1ccccc1)C(=O)NC(CC(=O)O)C(=O)O. The van der Waals surface area contributed by atoms with Crippen molar-refractivity contribution in [2.75, 3.05) is 0 Å². The highest BCUT2D eigenvalue weighted by atomic mass is 16.4. The number of rotatable bonds is 16. The van der Waals surface area contributed by atoms with E-state index in [0.717, 1.165) is 0 Å². The lowest BCUT2D eigenvalue weighted by Crippen LogP contribution is -2.59. The summed E-state index contributed by atoms with van der Waals surface area (Å²) in [4.78, 5) is 71.9. The lowest BCUT2D eigenvalue weighted by atomic mass is 9.96. The van der Waals surface area contributed by atoms with Gasteiger partial charge >= 0.3 is 17.9 Å². The number of amides is 3. The van der Waals surface area contributed by atoms with Crippen molar-refractivity contribution in [3.8, 4) is 0 Å². The minimum Gasteiger partial charge on any atom is -0.481 e. The first-order valence-electron chi connectivity index (χ1n) is 11.7. The third-order valence-corrected chi connectivity index (χ3v) is 5.71. The van der Waals surface area contributed by atoms with Gasteiger partial charge < -0.3 is 37.0 Å². The maximum atomic E-state index is 13.2. The highest BCUT2D eigenvalue weighted by molar-refractivity contribution is 5.95. The van der Waals surface area contributed by atoms with Crippen LogP contribution in [0.5, 0.6) is 0 Å². The Morgan fingerprint density at radius 1 is 0.838 bits per heavy atom. The average molecular weight is 523 g/mol. The van der Waals surface area contributed by atoms with Crippen LogP contribution in [-0.2, 0) is 35.2 Å². The Labute approximate surface area is 213 Å². The topological polar surface area (TPSA) is 225 Å². The molecule has 13 nitrogen and oxygen atoms in total. The van der Waals surface area contributed by atoms with Crippen LogP contribution in [0.2, 0.25) is 0 Å². The summed E-state index contributed by atoms with van der Waals surface area (Å²) in [5.41, 5.74) is 6.39. The van der Waals surface area contributed by atoms with Gasteiger partial charge in [-0.25, -0.2) is 4.79 Å². The van der Waals surface area contributed by atoms with Gasteiger partial charge in [-0.1, -0.05) is 50.6 Å². The van der Waals surface area contributed by atoms with E-state index >= 15 is 0 Å². The van der Waals surface area contributed by atoms with Crippen molar-refractivity contribution in [3.05, 3.63) is 35.9 Å². The van der Waals surface area contributed by atoms with Crippen LogP contribution in [0.3, 0.4) is 0 Å². The van der Waals surface area contributed by atoms with Crippen molar-refractivity contribution >= 4 is 35.6 Å². The number of carboxylic acid groups (broad SMARTS) is 3. The molecule has 0 aromatic heterocycles. The van der Waals surface area contributed by atoms with E-state index < -0.39 is 72.1 Å². The van der Waals surface area contributed by atoms with Gasteiger partial charge in [-0.3, -0.25) is 24.0 Å². The number of nitrogens with one attached hydrogen (secondary N) is 3. The van der Waals surface area contributed by atoms with Crippen molar-refractivity contribution < 1.29 is 44.1 Å². The quantitative estimate of drug-likeness (QED) is 0.147. The van der Waals surface area contributed by atoms with E-state index in [1.54, 1.807) is 44.2 Å². The predicted molar refractivity (Wildman–Crippen MR) is 130 cm³/mol. The molecule has 0 heterocycles. The number of benzene rings is 1. The second-order valence-corrected chi connectivity index (χ2v) is 8.66. The maximum absolute atomic E-state index is 13.2. The monoisotopic (exact) mass is 522 g/mol. The third kappa shape index (κ3) is 11.1. The molecule has 1 aromatic rings. The Kier molecular flexibility index (Phi) is 12.7. The molecule has 37 heavy (non-hydrogen) atoms. The lowest BCUT2D eigenvalue weighted by molar-refractivity contribution is -0.147. The predicted octanol–water partition coefficient (Wildman–Crippen LogP) is -0.519. The zero-order chi connectivity index (χ0) is 28.1. The number of hydrogen-bond donors (Lipinski definition) is 7. The minimum absolute atomic E-state index is 0.0445. The van der Waals surface area contributed by atoms with Crippen LogP contribution < -0.4 is 21.7 Å². The molecule has 0 fully saturated rings. The fourth-order valence-corrected chi connectivity index (χ4v) is 3.34. The highest BCUT2D eigenvalue weighted by Crippen LogP contribution is 2.11. The molecule has 0 saturated heterocycles. The van der Waals surface area contributed by atoms with Gasteiger partial charge in [-0.2, -0.15) is 0 Å². The molecule has 0 aliphatic rings. The third-order valence-electron chi connectivity index (χ3n) is 5.71. The number of carboxylic acids is 3. The van der Waals surface area contributed by atoms with E-state index in [-0.39, 0.29) is 19.3 Å². The van der Waals surface area contributed by atoms with Crippen LogP contribution in [0.4, 0.5) is 0 Å². The number of aliphatic carboxylic acids is 3. The summed E-state index contributed by atoms with van der Waals surface area (Å²) < 4.78 is 0. The molecule has 1 rings (SSSR count). The summed E-state index contributed by atoms with van der Waals surface area (Å²) in [6, 6.07) is 3.20. The van der Waals surface area contributed by atoms with E-state index in [1.165, 1.54) is 0 Å². The lowest BCUT2D eigenvalue weighted by Gasteiger charge is -2.28. The molecule has 0 aliphatic carbocycles. The van der Waals surface area contributed by atoms with Crippen molar-refractivity contribution in [2.24, 2.45) is 11.7 Å². The summed E-state index contributed by atoms with van der Waals surface area (Å²) in [6.45, 7) is 3.46. The summed E-state index contributed by atoms with van der Waals surface area (Å²) in [7, 11) is 0. The van der Waals surface area contributed by atoms with Crippen molar-refractivity contribution in [2.45, 2.75) is 70.1 Å². The standard InChI is InChI=1S/C24H34N4O9/c1-3-13(2)20(28-21(33)15(25)9-10-18(29)30)23(35)26-16(11-14-7-5-4-6-8-14)22(34)27-17(24(36)37)12-19(31)32/h4-8,13,15-17,20H,3,9-12,25H2,1-2H3,(H,26,35)(H,27,34)(H,28,33)(H,29,30)(H,31,32)(H,36,37). The zero-order valence-corrected chi connectivity index (χ0v) is 20.7. The van der Waals surface area contributed by atoms with Gasteiger partial charge in [-0.05, 0) is 17.9 Å². The molecule has 5 unspecified atom stereocenters. The Bertz CT molecular complexity index is 970. The number of carbonyl (C=O) groups excluding carboxylic acids is 3. The second kappa shape index (κ2) is 15.2. The van der Waals surface area contributed by atoms with Crippen LogP contribution >= 0.6 is 0 Å². The van der Waals surface area contributed by atoms with E-state index in [9.17, 15) is 33.9 Å². The van der Waals surface area contributed by atoms with Crippen LogP contribution in [0.1, 0.15) is 45.1 Å². The molecule has 13 heteroatoms. The number of nitrogens with two attached hydrogens (primary N) is 1. The molecule has 5 atom stereocenters. The Hall–Kier alpha value is -4.00. The second-order valence-electron chi connectivity index (χ2n) is 8.66. The van der Waals surface area contributed by atoms with Crippen molar-refractivity contribution in [1.29, 1.82) is 0 Å². The van der Waals surface area contributed by atoms with Crippen LogP contribution in [0.25, 0.3) is 0 Å². The summed E-state index contributed by atoms with van der Waals surface area (Å²) in [6.07, 6.45) is -0.938. The van der Waals surface area contributed by atoms with Gasteiger partial charge in [0.2, 0.25) is 17.7 Å². The Balaban J connectivity index is 3.13. The van der Waals surface area contributed by atoms with Gasteiger partial charge in [-0.15, -0.1) is 0 Å². The molecule has 204 valence electrons. The van der Waals surface area contributed by atoms with Crippen LogP contribution in [0.15, 0.2) is 30.3 Å². The summed E-state index contributed by atoms with van der Waals surface area (Å²) in [5.74, 6) is -6.92. The van der Waals surface area contributed by atoms with Crippen LogP contribution in [0, 0.1) is 5.92 Å². The van der Waals surface area contributed by atoms with E-state index in [2.05, 4.69) is 16.0 Å². The first-order chi connectivity index (χ1) is 17.3. The van der Waals surface area contributed by atoms with E-state index in [4.69, 9.17) is 15.9 Å². The highest BCUT2D eigenvalue weighted by Gasteiger charge is 2.33. The molecule has 0 bridgehead atoms. The summed E-state index contributed by atoms with van der Waals surface area (Å²) >= 11 is 0. The number of hydrogen-bond acceptors (Lipinski definition) is 7. The average Bonchev–Trinajstić information content (AvgIpc) is 2.84. The van der Waals surface area contributed by atoms with Gasteiger partial charge in [0, 0.05) is 12.8 Å². The molecule has 3 amide bonds. The minimum atomic E-state index is -1.72. The molecule has 0 spiro atoms. The first-order valence-corrected chi connectivity index (χ1v) is 11.7. The first kappa shape index (κ1) is 31.0.